The summed E-state index contributed by atoms with van der Waals surface area (Å²) >= 11 is 0. The zero-order valence-corrected chi connectivity index (χ0v) is 18.7. The third-order valence-electron chi connectivity index (χ3n) is 7.15. The third-order valence-corrected chi connectivity index (χ3v) is 7.15. The van der Waals surface area contributed by atoms with E-state index in [1.54, 1.807) is 35.2 Å². The van der Waals surface area contributed by atoms with Crippen molar-refractivity contribution < 1.29 is 24.5 Å². The van der Waals surface area contributed by atoms with Crippen LogP contribution in [0.1, 0.15) is 61.5 Å². The van der Waals surface area contributed by atoms with Gasteiger partial charge in [0.2, 0.25) is 0 Å². The predicted octanol–water partition coefficient (Wildman–Crippen LogP) is 4.52. The molecule has 1 amide bonds. The molecule has 2 aliphatic heterocycles. The average molecular weight is 452 g/mol. The molecule has 2 aromatic rings. The van der Waals surface area contributed by atoms with Gasteiger partial charge in [0, 0.05) is 38.9 Å². The van der Waals surface area contributed by atoms with Crippen LogP contribution in [-0.2, 0) is 18.3 Å². The van der Waals surface area contributed by atoms with Crippen molar-refractivity contribution in [3.05, 3.63) is 58.9 Å². The number of alkyl halides is 3. The second-order valence-corrected chi connectivity index (χ2v) is 9.31. The summed E-state index contributed by atoms with van der Waals surface area (Å²) in [4.78, 5) is 17.0. The quantitative estimate of drug-likeness (QED) is 0.747. The molecule has 32 heavy (non-hydrogen) atoms. The van der Waals surface area contributed by atoms with Gasteiger partial charge in [0.05, 0.1) is 11.6 Å². The number of aromatic nitrogens is 1. The molecule has 8 heteroatoms. The topological polar surface area (TPSA) is 48.7 Å². The van der Waals surface area contributed by atoms with Crippen molar-refractivity contribution >= 4 is 5.91 Å². The number of benzene rings is 1. The molecule has 1 atom stereocenters. The minimum Gasteiger partial charge on any atom is -0.388 e. The summed E-state index contributed by atoms with van der Waals surface area (Å²) in [5.74, 6) is -0.00519. The molecule has 0 aliphatic carbocycles. The Morgan fingerprint density at radius 2 is 1.66 bits per heavy atom. The van der Waals surface area contributed by atoms with Crippen LogP contribution in [0.15, 0.2) is 36.4 Å². The first kappa shape index (κ1) is 22.9. The maximum atomic E-state index is 13.4. The molecule has 1 aromatic carbocycles. The highest BCUT2D eigenvalue weighted by atomic mass is 19.4. The molecule has 5 nitrogen and oxygen atoms in total. The van der Waals surface area contributed by atoms with Gasteiger partial charge >= 0.3 is 6.18 Å². The molecular formula is C24H32F3N3O2. The van der Waals surface area contributed by atoms with E-state index in [1.165, 1.54) is 10.6 Å². The first-order valence-electron chi connectivity index (χ1n) is 11.1. The molecule has 1 aromatic heterocycles. The lowest BCUT2D eigenvalue weighted by molar-refractivity contribution is -0.144. The Kier molecular flexibility index (Phi) is 5.88. The number of hydrogen-bond acceptors (Lipinski definition) is 3. The van der Waals surface area contributed by atoms with Crippen LogP contribution >= 0.6 is 0 Å². The number of likely N-dealkylation sites (N-methyl/N-ethyl adjacent to an activating group) is 1. The zero-order chi connectivity index (χ0) is 23.3. The van der Waals surface area contributed by atoms with Crippen molar-refractivity contribution in [2.45, 2.75) is 51.1 Å². The second kappa shape index (κ2) is 8.23. The largest absolute Gasteiger partial charge is 0.431 e. The Morgan fingerprint density at radius 3 is 2.22 bits per heavy atom. The van der Waals surface area contributed by atoms with E-state index in [0.29, 0.717) is 50.3 Å². The van der Waals surface area contributed by atoms with Crippen LogP contribution in [0, 0.1) is 5.92 Å². The molecule has 0 saturated carbocycles. The Hall–Kier alpha value is -2.32. The third kappa shape index (κ3) is 3.83. The van der Waals surface area contributed by atoms with Crippen LogP contribution in [0.25, 0.3) is 0 Å². The molecule has 3 heterocycles. The highest BCUT2D eigenvalue weighted by Crippen LogP contribution is 2.44. The summed E-state index contributed by atoms with van der Waals surface area (Å²) in [5.41, 5.74) is 0.934. The van der Waals surface area contributed by atoms with Gasteiger partial charge < -0.3 is 14.6 Å². The van der Waals surface area contributed by atoms with Gasteiger partial charge in [-0.3, -0.25) is 9.69 Å². The molecule has 0 bridgehead atoms. The molecule has 1 fully saturated rings. The van der Waals surface area contributed by atoms with Crippen molar-refractivity contribution in [2.75, 3.05) is 26.7 Å². The van der Waals surface area contributed by atoms with E-state index in [4.69, 9.17) is 0 Å². The minimum atomic E-state index is -4.37. The number of nitrogens with zero attached hydrogens (tertiary/aromatic N) is 3. The van der Waals surface area contributed by atoms with Crippen LogP contribution in [0.2, 0.25) is 0 Å². The van der Waals surface area contributed by atoms with Crippen molar-refractivity contribution in [2.24, 2.45) is 5.92 Å². The number of piperidine rings is 1. The second-order valence-electron chi connectivity index (χ2n) is 9.31. The standard InChI is InChI=1S/C24H30F3N3O2.H2/c1-16(2)21(31)17-4-6-18(7-5-17)22(32)29-12-10-23(11-13-29)19-8-9-20(24(25,26)27)30(19)15-14-28(23)3;/h4-9,16,21,31H,10-15H2,1-3H3;1H. The van der Waals surface area contributed by atoms with Crippen molar-refractivity contribution in [3.63, 3.8) is 0 Å². The van der Waals surface area contributed by atoms with Gasteiger partial charge in [-0.2, -0.15) is 13.2 Å². The van der Waals surface area contributed by atoms with E-state index < -0.39 is 23.5 Å². The summed E-state index contributed by atoms with van der Waals surface area (Å²) in [6.45, 7) is 5.68. The number of amides is 1. The van der Waals surface area contributed by atoms with Crippen LogP contribution < -0.4 is 0 Å². The number of aliphatic hydroxyl groups excluding tert-OH is 1. The Labute approximate surface area is 187 Å². The van der Waals surface area contributed by atoms with Crippen LogP contribution in [0.4, 0.5) is 13.2 Å². The number of carbonyl (C=O) groups is 1. The molecule has 2 aliphatic rings. The van der Waals surface area contributed by atoms with Crippen molar-refractivity contribution in [3.8, 4) is 0 Å². The number of likely N-dealkylation sites (tertiary alicyclic amines) is 1. The van der Waals surface area contributed by atoms with Crippen LogP contribution in [-0.4, -0.2) is 52.1 Å². The van der Waals surface area contributed by atoms with Crippen molar-refractivity contribution in [1.29, 1.82) is 0 Å². The fourth-order valence-electron chi connectivity index (χ4n) is 5.13. The monoisotopic (exact) mass is 451 g/mol. The first-order valence-corrected chi connectivity index (χ1v) is 11.1. The number of carbonyl (C=O) groups excluding carboxylic acids is 1. The van der Waals surface area contributed by atoms with Gasteiger partial charge in [0.1, 0.15) is 5.69 Å². The Morgan fingerprint density at radius 1 is 1.03 bits per heavy atom. The number of halogens is 3. The van der Waals surface area contributed by atoms with Gasteiger partial charge in [-0.1, -0.05) is 26.0 Å². The molecular weight excluding hydrogens is 419 g/mol. The lowest BCUT2D eigenvalue weighted by atomic mass is 9.81. The Balaban J connectivity index is 0.00000306. The van der Waals surface area contributed by atoms with Gasteiger partial charge in [-0.05, 0) is 55.6 Å². The Bertz CT molecular complexity index is 980. The summed E-state index contributed by atoms with van der Waals surface area (Å²) < 4.78 is 41.7. The van der Waals surface area contributed by atoms with Gasteiger partial charge in [0.15, 0.2) is 0 Å². The fourth-order valence-corrected chi connectivity index (χ4v) is 5.13. The first-order chi connectivity index (χ1) is 15.0. The SMILES string of the molecule is CC(C)C(O)c1ccc(C(=O)N2CCC3(CC2)c2ccc(C(F)(F)F)n2CCN3C)cc1.[HH]. The normalized spacial score (nSPS) is 19.9. The summed E-state index contributed by atoms with van der Waals surface area (Å²) in [6, 6.07) is 9.82. The molecule has 0 radical (unpaired) electrons. The maximum Gasteiger partial charge on any atom is 0.431 e. The average Bonchev–Trinajstić information content (AvgIpc) is 3.22. The van der Waals surface area contributed by atoms with Crippen LogP contribution in [0.3, 0.4) is 0 Å². The number of aliphatic hydroxyl groups is 1. The van der Waals surface area contributed by atoms with Gasteiger partial charge in [-0.25, -0.2) is 0 Å². The van der Waals surface area contributed by atoms with Gasteiger partial charge in [-0.15, -0.1) is 0 Å². The predicted molar refractivity (Wildman–Crippen MR) is 117 cm³/mol. The number of rotatable bonds is 3. The van der Waals surface area contributed by atoms with E-state index >= 15 is 0 Å². The van der Waals surface area contributed by atoms with E-state index in [2.05, 4.69) is 4.90 Å². The van der Waals surface area contributed by atoms with E-state index in [1.807, 2.05) is 20.9 Å². The molecule has 176 valence electrons. The molecule has 1 saturated heterocycles. The van der Waals surface area contributed by atoms with E-state index in [-0.39, 0.29) is 13.3 Å². The van der Waals surface area contributed by atoms with Crippen molar-refractivity contribution in [1.82, 2.24) is 14.4 Å². The zero-order valence-electron chi connectivity index (χ0n) is 18.7. The highest BCUT2D eigenvalue weighted by molar-refractivity contribution is 5.94. The lowest BCUT2D eigenvalue weighted by Gasteiger charge is -2.50. The minimum absolute atomic E-state index is 0. The summed E-state index contributed by atoms with van der Waals surface area (Å²) in [5, 5.41) is 10.2. The number of hydrogen-bond donors (Lipinski definition) is 1. The summed E-state index contributed by atoms with van der Waals surface area (Å²) in [7, 11) is 1.96. The van der Waals surface area contributed by atoms with E-state index in [0.717, 1.165) is 5.56 Å². The maximum absolute atomic E-state index is 13.4. The van der Waals surface area contributed by atoms with E-state index in [9.17, 15) is 23.1 Å². The molecule has 4 rings (SSSR count). The number of fused-ring (bicyclic) bond motifs is 2. The van der Waals surface area contributed by atoms with Crippen LogP contribution in [0.5, 0.6) is 0 Å². The van der Waals surface area contributed by atoms with Gasteiger partial charge in [0.25, 0.3) is 5.91 Å². The molecule has 1 spiro atoms. The fraction of sp³-hybridized carbons (Fsp3) is 0.542. The molecule has 1 unspecified atom stereocenters. The lowest BCUT2D eigenvalue weighted by Crippen LogP contribution is -2.56. The smallest absolute Gasteiger partial charge is 0.388 e. The molecule has 1 N–H and O–H groups in total. The summed E-state index contributed by atoms with van der Waals surface area (Å²) in [6.07, 6.45) is -3.78. The highest BCUT2D eigenvalue weighted by Gasteiger charge is 2.47.